The van der Waals surface area contributed by atoms with Gasteiger partial charge in [-0.15, -0.1) is 0 Å². The zero-order valence-corrected chi connectivity index (χ0v) is 11.9. The molecule has 0 saturated carbocycles. The van der Waals surface area contributed by atoms with Crippen molar-refractivity contribution in [1.29, 1.82) is 5.26 Å². The summed E-state index contributed by atoms with van der Waals surface area (Å²) < 4.78 is 19.2. The lowest BCUT2D eigenvalue weighted by molar-refractivity contribution is -0.00224. The Kier molecular flexibility index (Phi) is 5.51. The van der Waals surface area contributed by atoms with E-state index in [0.717, 1.165) is 44.5 Å². The zero-order chi connectivity index (χ0) is 14.4. The molecule has 1 saturated heterocycles. The highest BCUT2D eigenvalue weighted by atomic mass is 19.1. The maximum absolute atomic E-state index is 13.4. The van der Waals surface area contributed by atoms with Crippen molar-refractivity contribution < 1.29 is 9.13 Å². The second-order valence-electron chi connectivity index (χ2n) is 5.33. The third-order valence-corrected chi connectivity index (χ3v) is 3.51. The lowest BCUT2D eigenvalue weighted by Gasteiger charge is -2.32. The molecule has 0 amide bonds. The van der Waals surface area contributed by atoms with Gasteiger partial charge in [0.05, 0.1) is 17.7 Å². The largest absolute Gasteiger partial charge is 0.377 e. The minimum Gasteiger partial charge on any atom is -0.377 e. The Morgan fingerprint density at radius 3 is 3.05 bits per heavy atom. The lowest BCUT2D eigenvalue weighted by atomic mass is 10.1. The minimum atomic E-state index is -0.338. The normalized spacial score (nSPS) is 19.8. The molecular weight excluding hydrogens is 255 g/mol. The summed E-state index contributed by atoms with van der Waals surface area (Å²) in [6.07, 6.45) is 3.52. The molecule has 0 aliphatic carbocycles. The van der Waals surface area contributed by atoms with E-state index >= 15 is 0 Å². The van der Waals surface area contributed by atoms with Gasteiger partial charge >= 0.3 is 0 Å². The molecule has 1 heterocycles. The minimum absolute atomic E-state index is 0.285. The number of benzene rings is 1. The number of rotatable bonds is 5. The van der Waals surface area contributed by atoms with E-state index in [2.05, 4.69) is 11.8 Å². The monoisotopic (exact) mass is 276 g/mol. The van der Waals surface area contributed by atoms with Crippen LogP contribution in [0, 0.1) is 17.1 Å². The summed E-state index contributed by atoms with van der Waals surface area (Å²) in [5, 5.41) is 8.88. The van der Waals surface area contributed by atoms with Crippen LogP contribution in [0.4, 0.5) is 4.39 Å². The fraction of sp³-hybridized carbons (Fsp3) is 0.562. The quantitative estimate of drug-likeness (QED) is 0.829. The Bertz CT molecular complexity index is 484. The van der Waals surface area contributed by atoms with Crippen LogP contribution in [0.3, 0.4) is 0 Å². The van der Waals surface area contributed by atoms with E-state index in [1.54, 1.807) is 6.07 Å². The van der Waals surface area contributed by atoms with Gasteiger partial charge < -0.3 is 4.74 Å². The van der Waals surface area contributed by atoms with E-state index in [-0.39, 0.29) is 11.9 Å². The highest BCUT2D eigenvalue weighted by molar-refractivity contribution is 5.33. The number of hydrogen-bond donors (Lipinski definition) is 0. The first-order valence-corrected chi connectivity index (χ1v) is 7.24. The van der Waals surface area contributed by atoms with Crippen LogP contribution >= 0.6 is 0 Å². The van der Waals surface area contributed by atoms with Crippen molar-refractivity contribution in [3.63, 3.8) is 0 Å². The molecule has 1 fully saturated rings. The van der Waals surface area contributed by atoms with Gasteiger partial charge in [-0.25, -0.2) is 4.39 Å². The van der Waals surface area contributed by atoms with Gasteiger partial charge in [-0.3, -0.25) is 4.90 Å². The molecule has 0 aromatic heterocycles. The lowest BCUT2D eigenvalue weighted by Crippen LogP contribution is -2.39. The number of halogens is 1. The Morgan fingerprint density at radius 2 is 2.30 bits per heavy atom. The average Bonchev–Trinajstić information content (AvgIpc) is 2.45. The summed E-state index contributed by atoms with van der Waals surface area (Å²) in [7, 11) is 0. The molecule has 2 rings (SSSR count). The van der Waals surface area contributed by atoms with Gasteiger partial charge in [0.15, 0.2) is 0 Å². The molecule has 20 heavy (non-hydrogen) atoms. The summed E-state index contributed by atoms with van der Waals surface area (Å²) in [6.45, 7) is 5.48. The van der Waals surface area contributed by atoms with Gasteiger partial charge in [-0.05, 0) is 49.6 Å². The van der Waals surface area contributed by atoms with Crippen LogP contribution in [0.2, 0.25) is 0 Å². The third kappa shape index (κ3) is 4.29. The molecule has 1 unspecified atom stereocenters. The van der Waals surface area contributed by atoms with Crippen molar-refractivity contribution in [2.45, 2.75) is 38.8 Å². The average molecular weight is 276 g/mol. The van der Waals surface area contributed by atoms with Crippen molar-refractivity contribution in [2.24, 2.45) is 0 Å². The molecule has 1 atom stereocenters. The Hall–Kier alpha value is -1.44. The SMILES string of the molecule is CCCOC1CCCN(Cc2cc(F)cc(C#N)c2)C1. The molecule has 0 bridgehead atoms. The van der Waals surface area contributed by atoms with Gasteiger partial charge in [0.2, 0.25) is 0 Å². The molecule has 1 aromatic carbocycles. The Morgan fingerprint density at radius 1 is 1.45 bits per heavy atom. The second kappa shape index (κ2) is 7.37. The van der Waals surface area contributed by atoms with Crippen LogP contribution in [0.15, 0.2) is 18.2 Å². The summed E-state index contributed by atoms with van der Waals surface area (Å²) in [6, 6.07) is 6.54. The fourth-order valence-electron chi connectivity index (χ4n) is 2.64. The summed E-state index contributed by atoms with van der Waals surface area (Å²) in [4.78, 5) is 2.28. The molecule has 1 aromatic rings. The molecule has 0 radical (unpaired) electrons. The van der Waals surface area contributed by atoms with E-state index in [4.69, 9.17) is 10.00 Å². The zero-order valence-electron chi connectivity index (χ0n) is 11.9. The predicted molar refractivity (Wildman–Crippen MR) is 75.7 cm³/mol. The summed E-state index contributed by atoms with van der Waals surface area (Å²) >= 11 is 0. The standard InChI is InChI=1S/C16H21FN2O/c1-2-6-20-16-4-3-5-19(12-16)11-14-7-13(10-18)8-15(17)9-14/h7-9,16H,2-6,11-12H2,1H3. The maximum Gasteiger partial charge on any atom is 0.124 e. The second-order valence-corrected chi connectivity index (χ2v) is 5.33. The number of nitriles is 1. The highest BCUT2D eigenvalue weighted by Crippen LogP contribution is 2.17. The molecular formula is C16H21FN2O. The molecule has 1 aliphatic heterocycles. The van der Waals surface area contributed by atoms with Gasteiger partial charge in [-0.1, -0.05) is 6.92 Å². The number of ether oxygens (including phenoxy) is 1. The van der Waals surface area contributed by atoms with Crippen LogP contribution in [0.25, 0.3) is 0 Å². The van der Waals surface area contributed by atoms with Crippen molar-refractivity contribution in [1.82, 2.24) is 4.90 Å². The Labute approximate surface area is 120 Å². The molecule has 0 N–H and O–H groups in total. The smallest absolute Gasteiger partial charge is 0.124 e. The number of piperidine rings is 1. The predicted octanol–water partition coefficient (Wildman–Crippen LogP) is 3.09. The van der Waals surface area contributed by atoms with Gasteiger partial charge in [0, 0.05) is 19.7 Å². The molecule has 1 aliphatic rings. The van der Waals surface area contributed by atoms with E-state index in [1.165, 1.54) is 12.1 Å². The van der Waals surface area contributed by atoms with Gasteiger partial charge in [-0.2, -0.15) is 5.26 Å². The van der Waals surface area contributed by atoms with Crippen molar-refractivity contribution in [3.05, 3.63) is 35.1 Å². The maximum atomic E-state index is 13.4. The molecule has 4 heteroatoms. The summed E-state index contributed by atoms with van der Waals surface area (Å²) in [5.74, 6) is -0.338. The van der Waals surface area contributed by atoms with Crippen molar-refractivity contribution in [2.75, 3.05) is 19.7 Å². The third-order valence-electron chi connectivity index (χ3n) is 3.51. The van der Waals surface area contributed by atoms with E-state index in [1.807, 2.05) is 6.07 Å². The Balaban J connectivity index is 1.95. The molecule has 0 spiro atoms. The topological polar surface area (TPSA) is 36.3 Å². The molecule has 108 valence electrons. The number of hydrogen-bond acceptors (Lipinski definition) is 3. The van der Waals surface area contributed by atoms with E-state index in [9.17, 15) is 4.39 Å². The van der Waals surface area contributed by atoms with Gasteiger partial charge in [0.1, 0.15) is 5.82 Å². The van der Waals surface area contributed by atoms with Gasteiger partial charge in [0.25, 0.3) is 0 Å². The first-order chi connectivity index (χ1) is 9.71. The van der Waals surface area contributed by atoms with Crippen molar-refractivity contribution in [3.8, 4) is 6.07 Å². The van der Waals surface area contributed by atoms with E-state index in [0.29, 0.717) is 12.1 Å². The number of likely N-dealkylation sites (tertiary alicyclic amines) is 1. The van der Waals surface area contributed by atoms with Crippen LogP contribution in [-0.2, 0) is 11.3 Å². The first-order valence-electron chi connectivity index (χ1n) is 7.24. The van der Waals surface area contributed by atoms with Crippen LogP contribution in [-0.4, -0.2) is 30.7 Å². The first kappa shape index (κ1) is 15.0. The van der Waals surface area contributed by atoms with Crippen LogP contribution in [0.5, 0.6) is 0 Å². The van der Waals surface area contributed by atoms with E-state index < -0.39 is 0 Å². The summed E-state index contributed by atoms with van der Waals surface area (Å²) in [5.41, 5.74) is 1.24. The van der Waals surface area contributed by atoms with Crippen molar-refractivity contribution >= 4 is 0 Å². The number of nitrogens with zero attached hydrogens (tertiary/aromatic N) is 2. The fourth-order valence-corrected chi connectivity index (χ4v) is 2.64. The molecule has 3 nitrogen and oxygen atoms in total. The highest BCUT2D eigenvalue weighted by Gasteiger charge is 2.20. The van der Waals surface area contributed by atoms with Crippen LogP contribution in [0.1, 0.15) is 37.3 Å². The van der Waals surface area contributed by atoms with Crippen LogP contribution < -0.4 is 0 Å².